The molecule has 0 aromatic heterocycles. The molecule has 0 atom stereocenters. The highest BCUT2D eigenvalue weighted by Crippen LogP contribution is 2.59. The summed E-state index contributed by atoms with van der Waals surface area (Å²) in [5.74, 6) is 0. The van der Waals surface area contributed by atoms with Crippen LogP contribution < -0.4 is 4.90 Å². The molecule has 0 saturated heterocycles. The first-order valence-corrected chi connectivity index (χ1v) is 18.6. The zero-order valence-electron chi connectivity index (χ0n) is 30.0. The van der Waals surface area contributed by atoms with Gasteiger partial charge in [-0.3, -0.25) is 0 Å². The van der Waals surface area contributed by atoms with E-state index in [0.29, 0.717) is 0 Å². The maximum Gasteiger partial charge on any atom is 0.0713 e. The molecule has 8 aromatic carbocycles. The zero-order chi connectivity index (χ0) is 35.6. The van der Waals surface area contributed by atoms with Crippen molar-refractivity contribution in [2.24, 2.45) is 0 Å². The molecule has 1 heteroatoms. The normalized spacial score (nSPS) is 14.2. The summed E-state index contributed by atoms with van der Waals surface area (Å²) in [6.45, 7) is 4.73. The largest absolute Gasteiger partial charge is 0.309 e. The fourth-order valence-corrected chi connectivity index (χ4v) is 9.44. The third-order valence-electron chi connectivity index (χ3n) is 11.8. The van der Waals surface area contributed by atoms with Crippen LogP contribution in [0.1, 0.15) is 47.2 Å². The van der Waals surface area contributed by atoms with E-state index in [1.165, 1.54) is 72.4 Å². The average molecular weight is 678 g/mol. The summed E-state index contributed by atoms with van der Waals surface area (Å²) in [5, 5.41) is 0. The van der Waals surface area contributed by atoms with Gasteiger partial charge < -0.3 is 4.90 Å². The van der Waals surface area contributed by atoms with Crippen LogP contribution in [0.25, 0.3) is 33.4 Å². The zero-order valence-corrected chi connectivity index (χ0v) is 30.0. The van der Waals surface area contributed by atoms with E-state index >= 15 is 0 Å². The molecule has 0 radical (unpaired) electrons. The highest BCUT2D eigenvalue weighted by Gasteiger charge is 2.46. The lowest BCUT2D eigenvalue weighted by Crippen LogP contribution is -2.28. The molecule has 0 saturated carbocycles. The van der Waals surface area contributed by atoms with Gasteiger partial charge in [-0.1, -0.05) is 190 Å². The molecule has 0 spiro atoms. The summed E-state index contributed by atoms with van der Waals surface area (Å²) < 4.78 is 0. The lowest BCUT2D eigenvalue weighted by Gasteiger charge is -2.34. The van der Waals surface area contributed by atoms with Gasteiger partial charge in [0.2, 0.25) is 0 Å². The fourth-order valence-electron chi connectivity index (χ4n) is 9.44. The van der Waals surface area contributed by atoms with Crippen LogP contribution in [0.15, 0.2) is 200 Å². The van der Waals surface area contributed by atoms with Gasteiger partial charge >= 0.3 is 0 Å². The summed E-state index contributed by atoms with van der Waals surface area (Å²) in [6, 6.07) is 73.9. The smallest absolute Gasteiger partial charge is 0.0713 e. The molecule has 0 N–H and O–H groups in total. The minimum Gasteiger partial charge on any atom is -0.309 e. The summed E-state index contributed by atoms with van der Waals surface area (Å²) in [4.78, 5) is 2.52. The molecule has 0 bridgehead atoms. The molecule has 53 heavy (non-hydrogen) atoms. The molecule has 8 aromatic rings. The van der Waals surface area contributed by atoms with Gasteiger partial charge in [-0.2, -0.15) is 0 Å². The van der Waals surface area contributed by atoms with Gasteiger partial charge in [-0.25, -0.2) is 0 Å². The third kappa shape index (κ3) is 4.57. The Morgan fingerprint density at radius 2 is 0.868 bits per heavy atom. The van der Waals surface area contributed by atoms with E-state index in [1.807, 2.05) is 0 Å². The lowest BCUT2D eigenvalue weighted by molar-refractivity contribution is 0.660. The number of nitrogens with zero attached hydrogens (tertiary/aromatic N) is 1. The Balaban J connectivity index is 1.28. The van der Waals surface area contributed by atoms with Crippen molar-refractivity contribution < 1.29 is 0 Å². The molecule has 10 rings (SSSR count). The molecule has 252 valence electrons. The molecular weight excluding hydrogens is 639 g/mol. The van der Waals surface area contributed by atoms with Crippen LogP contribution >= 0.6 is 0 Å². The van der Waals surface area contributed by atoms with Crippen molar-refractivity contribution in [3.8, 4) is 33.4 Å². The van der Waals surface area contributed by atoms with E-state index in [2.05, 4.69) is 219 Å². The van der Waals surface area contributed by atoms with Crippen molar-refractivity contribution in [3.05, 3.63) is 234 Å². The number of benzene rings is 8. The van der Waals surface area contributed by atoms with Crippen LogP contribution in [-0.4, -0.2) is 0 Å². The summed E-state index contributed by atoms with van der Waals surface area (Å²) in [5.41, 5.74) is 18.4. The van der Waals surface area contributed by atoms with Crippen LogP contribution in [0.2, 0.25) is 0 Å². The van der Waals surface area contributed by atoms with Crippen molar-refractivity contribution in [1.29, 1.82) is 0 Å². The van der Waals surface area contributed by atoms with Crippen molar-refractivity contribution >= 4 is 17.1 Å². The first kappa shape index (κ1) is 31.3. The Kier molecular flexibility index (Phi) is 7.13. The second kappa shape index (κ2) is 12.1. The summed E-state index contributed by atoms with van der Waals surface area (Å²) in [6.07, 6.45) is 0. The van der Waals surface area contributed by atoms with Crippen molar-refractivity contribution in [2.45, 2.75) is 24.7 Å². The van der Waals surface area contributed by atoms with Crippen molar-refractivity contribution in [2.75, 3.05) is 4.90 Å². The number of rotatable bonds is 6. The maximum atomic E-state index is 2.52. The Hall–Kier alpha value is -6.44. The van der Waals surface area contributed by atoms with Gasteiger partial charge in [0.25, 0.3) is 0 Å². The predicted octanol–water partition coefficient (Wildman–Crippen LogP) is 13.5. The van der Waals surface area contributed by atoms with Gasteiger partial charge in [0, 0.05) is 22.2 Å². The van der Waals surface area contributed by atoms with Crippen LogP contribution in [0.3, 0.4) is 0 Å². The first-order chi connectivity index (χ1) is 26.1. The van der Waals surface area contributed by atoms with Gasteiger partial charge in [-0.05, 0) is 79.9 Å². The second-order valence-electron chi connectivity index (χ2n) is 14.8. The van der Waals surface area contributed by atoms with E-state index in [0.717, 1.165) is 11.4 Å². The minimum absolute atomic E-state index is 0.117. The topological polar surface area (TPSA) is 3.24 Å². The molecule has 1 nitrogen and oxygen atoms in total. The Bertz CT molecular complexity index is 2600. The van der Waals surface area contributed by atoms with Crippen LogP contribution in [0.4, 0.5) is 17.1 Å². The van der Waals surface area contributed by atoms with Crippen molar-refractivity contribution in [3.63, 3.8) is 0 Å². The number of anilines is 3. The molecule has 2 aliphatic rings. The van der Waals surface area contributed by atoms with E-state index in [9.17, 15) is 0 Å². The number of hydrogen-bond donors (Lipinski definition) is 0. The number of para-hydroxylation sites is 1. The quantitative estimate of drug-likeness (QED) is 0.169. The van der Waals surface area contributed by atoms with E-state index < -0.39 is 5.41 Å². The highest BCUT2D eigenvalue weighted by molar-refractivity contribution is 5.99. The van der Waals surface area contributed by atoms with E-state index in [1.54, 1.807) is 0 Å². The summed E-state index contributed by atoms with van der Waals surface area (Å²) in [7, 11) is 0. The van der Waals surface area contributed by atoms with Gasteiger partial charge in [0.1, 0.15) is 0 Å². The average Bonchev–Trinajstić information content (AvgIpc) is 3.65. The Labute approximate surface area is 312 Å². The first-order valence-electron chi connectivity index (χ1n) is 18.6. The molecular formula is C52H39N. The maximum absolute atomic E-state index is 2.52. The minimum atomic E-state index is -0.448. The van der Waals surface area contributed by atoms with Crippen molar-refractivity contribution in [1.82, 2.24) is 0 Å². The van der Waals surface area contributed by atoms with Gasteiger partial charge in [-0.15, -0.1) is 0 Å². The molecule has 0 unspecified atom stereocenters. The van der Waals surface area contributed by atoms with Gasteiger partial charge in [0.15, 0.2) is 0 Å². The monoisotopic (exact) mass is 677 g/mol. The second-order valence-corrected chi connectivity index (χ2v) is 14.8. The third-order valence-corrected chi connectivity index (χ3v) is 11.8. The molecule has 0 fully saturated rings. The molecule has 0 amide bonds. The number of hydrogen-bond acceptors (Lipinski definition) is 1. The van der Waals surface area contributed by atoms with E-state index in [-0.39, 0.29) is 5.41 Å². The fraction of sp³-hybridized carbons (Fsp3) is 0.0769. The molecule has 0 aliphatic heterocycles. The highest BCUT2D eigenvalue weighted by atomic mass is 15.1. The molecule has 2 aliphatic carbocycles. The predicted molar refractivity (Wildman–Crippen MR) is 221 cm³/mol. The SMILES string of the molecule is CC1(C)c2ccccc2-c2c(N(c3ccc4c(c3)-c3ccccc3C4(c3ccccc3)c3ccccc3)c3ccccc3-c3ccccc3)cccc21. The Morgan fingerprint density at radius 3 is 1.57 bits per heavy atom. The Morgan fingerprint density at radius 1 is 0.358 bits per heavy atom. The van der Waals surface area contributed by atoms with Crippen LogP contribution in [0.5, 0.6) is 0 Å². The van der Waals surface area contributed by atoms with Crippen LogP contribution in [0, 0.1) is 0 Å². The van der Waals surface area contributed by atoms with Gasteiger partial charge in [0.05, 0.1) is 16.8 Å². The number of fused-ring (bicyclic) bond motifs is 6. The van der Waals surface area contributed by atoms with E-state index in [4.69, 9.17) is 0 Å². The van der Waals surface area contributed by atoms with Crippen LogP contribution in [-0.2, 0) is 10.8 Å². The lowest BCUT2D eigenvalue weighted by atomic mass is 9.68. The summed E-state index contributed by atoms with van der Waals surface area (Å²) >= 11 is 0. The standard InChI is InChI=1S/C52H39N/c1-51(2)44-28-15-13-27-42(44)50-47(51)30-18-32-49(50)53(48-31-17-14-25-40(48)36-19-6-3-7-20-36)39-33-34-46-43(35-39)41-26-12-16-29-45(41)52(46,37-21-8-4-9-22-37)38-23-10-5-11-24-38/h3-35H,1-2H3. The molecule has 0 heterocycles.